The van der Waals surface area contributed by atoms with E-state index in [1.807, 2.05) is 12.1 Å². The molecule has 0 aliphatic rings. The number of aliphatic hydroxyl groups is 1. The molecule has 0 aliphatic carbocycles. The maximum absolute atomic E-state index is 12.7. The fraction of sp³-hybridized carbons (Fsp3) is 0.381. The van der Waals surface area contributed by atoms with Gasteiger partial charge < -0.3 is 10.0 Å². The molecule has 0 saturated heterocycles. The Kier molecular flexibility index (Phi) is 8.02. The van der Waals surface area contributed by atoms with E-state index in [1.54, 1.807) is 31.2 Å². The van der Waals surface area contributed by atoms with Crippen molar-refractivity contribution < 1.29 is 18.3 Å². The third-order valence-electron chi connectivity index (χ3n) is 4.46. The Hall–Kier alpha value is -2.38. The molecule has 0 saturated carbocycles. The molecule has 2 aromatic rings. The number of hydrogen-bond donors (Lipinski definition) is 2. The summed E-state index contributed by atoms with van der Waals surface area (Å²) in [6.07, 6.45) is 3.17. The second-order valence-corrected chi connectivity index (χ2v) is 8.22. The number of rotatable bonds is 10. The summed E-state index contributed by atoms with van der Waals surface area (Å²) >= 11 is 0. The minimum atomic E-state index is -3.81. The summed E-state index contributed by atoms with van der Waals surface area (Å²) in [6.45, 7) is 4.42. The van der Waals surface area contributed by atoms with Crippen molar-refractivity contribution in [2.45, 2.75) is 38.0 Å². The maximum Gasteiger partial charge on any atom is 0.261 e. The molecule has 2 rings (SSSR count). The Morgan fingerprint density at radius 1 is 1.11 bits per heavy atom. The van der Waals surface area contributed by atoms with E-state index in [-0.39, 0.29) is 29.5 Å². The smallest absolute Gasteiger partial charge is 0.261 e. The Balaban J connectivity index is 2.18. The number of aryl methyl sites for hydroxylation is 1. The molecule has 1 amide bonds. The van der Waals surface area contributed by atoms with Crippen LogP contribution in [0.3, 0.4) is 0 Å². The molecular weight excluding hydrogens is 376 g/mol. The van der Waals surface area contributed by atoms with Gasteiger partial charge in [-0.05, 0) is 55.7 Å². The quantitative estimate of drug-likeness (QED) is 0.636. The molecule has 0 fully saturated rings. The van der Waals surface area contributed by atoms with Crippen LogP contribution in [0.15, 0.2) is 53.4 Å². The monoisotopic (exact) mass is 404 g/mol. The normalized spacial score (nSPS) is 11.2. The molecule has 2 N–H and O–H groups in total. The van der Waals surface area contributed by atoms with Gasteiger partial charge in [0.05, 0.1) is 11.5 Å². The van der Waals surface area contributed by atoms with Gasteiger partial charge in [0.2, 0.25) is 0 Å². The Morgan fingerprint density at radius 2 is 1.82 bits per heavy atom. The molecule has 6 nitrogen and oxygen atoms in total. The van der Waals surface area contributed by atoms with Crippen molar-refractivity contribution in [3.63, 3.8) is 0 Å². The third kappa shape index (κ3) is 5.81. The Morgan fingerprint density at radius 3 is 2.43 bits per heavy atom. The average Bonchev–Trinajstić information content (AvgIpc) is 2.71. The number of hydrogen-bond acceptors (Lipinski definition) is 4. The Labute approximate surface area is 167 Å². The standard InChI is InChI=1S/C21H28N2O4S/c1-3-5-7-17-10-12-19(13-11-17)22-28(26,27)20-9-6-8-18(16-20)21(25)23(4-2)14-15-24/h6,8-13,16,22,24H,3-5,7,14-15H2,1-2H3. The number of carbonyl (C=O) groups excluding carboxylic acids is 1. The maximum atomic E-state index is 12.7. The first kappa shape index (κ1) is 21.9. The molecule has 0 radical (unpaired) electrons. The molecular formula is C21H28N2O4S. The number of carbonyl (C=O) groups is 1. The lowest BCUT2D eigenvalue weighted by Crippen LogP contribution is -2.33. The zero-order valence-corrected chi connectivity index (χ0v) is 17.2. The van der Waals surface area contributed by atoms with Gasteiger partial charge in [-0.3, -0.25) is 9.52 Å². The molecule has 0 unspecified atom stereocenters. The number of likely N-dealkylation sites (N-methyl/N-ethyl adjacent to an activating group) is 1. The van der Waals surface area contributed by atoms with Crippen molar-refractivity contribution in [2.75, 3.05) is 24.4 Å². The minimum Gasteiger partial charge on any atom is -0.395 e. The van der Waals surface area contributed by atoms with E-state index < -0.39 is 10.0 Å². The second kappa shape index (κ2) is 10.2. The Bertz CT molecular complexity index is 880. The molecule has 0 spiro atoms. The number of amides is 1. The highest BCUT2D eigenvalue weighted by molar-refractivity contribution is 7.92. The van der Waals surface area contributed by atoms with Crippen molar-refractivity contribution in [1.82, 2.24) is 4.90 Å². The van der Waals surface area contributed by atoms with Crippen LogP contribution in [0, 0.1) is 0 Å². The van der Waals surface area contributed by atoms with E-state index in [9.17, 15) is 13.2 Å². The highest BCUT2D eigenvalue weighted by Crippen LogP contribution is 2.19. The van der Waals surface area contributed by atoms with Crippen LogP contribution >= 0.6 is 0 Å². The number of anilines is 1. The molecule has 2 aromatic carbocycles. The molecule has 0 heterocycles. The van der Waals surface area contributed by atoms with Crippen molar-refractivity contribution in [1.29, 1.82) is 0 Å². The van der Waals surface area contributed by atoms with Crippen LogP contribution < -0.4 is 4.72 Å². The second-order valence-electron chi connectivity index (χ2n) is 6.54. The molecule has 152 valence electrons. The van der Waals surface area contributed by atoms with Gasteiger partial charge in [-0.2, -0.15) is 0 Å². The van der Waals surface area contributed by atoms with Gasteiger partial charge in [0.15, 0.2) is 0 Å². The predicted octanol–water partition coefficient (Wildman–Crippen LogP) is 3.28. The van der Waals surface area contributed by atoms with Crippen molar-refractivity contribution in [2.24, 2.45) is 0 Å². The zero-order chi connectivity index (χ0) is 20.6. The van der Waals surface area contributed by atoms with Gasteiger partial charge in [-0.15, -0.1) is 0 Å². The fourth-order valence-corrected chi connectivity index (χ4v) is 3.94. The summed E-state index contributed by atoms with van der Waals surface area (Å²) in [5.41, 5.74) is 1.92. The van der Waals surface area contributed by atoms with Crippen molar-refractivity contribution in [3.05, 3.63) is 59.7 Å². The van der Waals surface area contributed by atoms with Gasteiger partial charge >= 0.3 is 0 Å². The van der Waals surface area contributed by atoms with Gasteiger partial charge in [0.1, 0.15) is 0 Å². The molecule has 0 atom stereocenters. The summed E-state index contributed by atoms with van der Waals surface area (Å²) in [5, 5.41) is 9.08. The van der Waals surface area contributed by atoms with E-state index in [2.05, 4.69) is 11.6 Å². The largest absolute Gasteiger partial charge is 0.395 e. The fourth-order valence-electron chi connectivity index (χ4n) is 2.84. The van der Waals surface area contributed by atoms with E-state index >= 15 is 0 Å². The third-order valence-corrected chi connectivity index (χ3v) is 5.83. The van der Waals surface area contributed by atoms with Gasteiger partial charge in [-0.1, -0.05) is 31.5 Å². The first-order valence-corrected chi connectivity index (χ1v) is 11.0. The first-order valence-electron chi connectivity index (χ1n) is 9.53. The van der Waals surface area contributed by atoms with Gasteiger partial charge in [-0.25, -0.2) is 8.42 Å². The average molecular weight is 405 g/mol. The number of aliphatic hydroxyl groups excluding tert-OH is 1. The predicted molar refractivity (Wildman–Crippen MR) is 111 cm³/mol. The van der Waals surface area contributed by atoms with E-state index in [1.165, 1.54) is 22.6 Å². The van der Waals surface area contributed by atoms with Crippen molar-refractivity contribution in [3.8, 4) is 0 Å². The molecule has 28 heavy (non-hydrogen) atoms. The number of benzene rings is 2. The summed E-state index contributed by atoms with van der Waals surface area (Å²) in [6, 6.07) is 13.3. The first-order chi connectivity index (χ1) is 13.4. The summed E-state index contributed by atoms with van der Waals surface area (Å²) in [4.78, 5) is 14.0. The molecule has 0 aliphatic heterocycles. The van der Waals surface area contributed by atoms with Gasteiger partial charge in [0.25, 0.3) is 15.9 Å². The number of sulfonamides is 1. The SMILES string of the molecule is CCCCc1ccc(NS(=O)(=O)c2cccc(C(=O)N(CC)CCO)c2)cc1. The molecule has 7 heteroatoms. The highest BCUT2D eigenvalue weighted by Gasteiger charge is 2.19. The number of nitrogens with zero attached hydrogens (tertiary/aromatic N) is 1. The van der Waals surface area contributed by atoms with E-state index in [0.717, 1.165) is 19.3 Å². The summed E-state index contributed by atoms with van der Waals surface area (Å²) in [7, 11) is -3.81. The summed E-state index contributed by atoms with van der Waals surface area (Å²) < 4.78 is 28.0. The topological polar surface area (TPSA) is 86.7 Å². The lowest BCUT2D eigenvalue weighted by Gasteiger charge is -2.20. The van der Waals surface area contributed by atoms with Crippen LogP contribution in [0.1, 0.15) is 42.6 Å². The lowest BCUT2D eigenvalue weighted by molar-refractivity contribution is 0.0731. The van der Waals surface area contributed by atoms with E-state index in [4.69, 9.17) is 5.11 Å². The zero-order valence-electron chi connectivity index (χ0n) is 16.4. The number of unbranched alkanes of at least 4 members (excludes halogenated alkanes) is 1. The van der Waals surface area contributed by atoms with Crippen LogP contribution in [0.25, 0.3) is 0 Å². The highest BCUT2D eigenvalue weighted by atomic mass is 32.2. The number of nitrogens with one attached hydrogen (secondary N) is 1. The van der Waals surface area contributed by atoms with E-state index in [0.29, 0.717) is 12.2 Å². The lowest BCUT2D eigenvalue weighted by atomic mass is 10.1. The minimum absolute atomic E-state index is 0.0217. The van der Waals surface area contributed by atoms with Crippen LogP contribution in [-0.4, -0.2) is 44.0 Å². The van der Waals surface area contributed by atoms with Crippen molar-refractivity contribution >= 4 is 21.6 Å². The van der Waals surface area contributed by atoms with Crippen LogP contribution in [0.2, 0.25) is 0 Å². The van der Waals surface area contributed by atoms with Crippen LogP contribution in [0.4, 0.5) is 5.69 Å². The molecule has 0 bridgehead atoms. The summed E-state index contributed by atoms with van der Waals surface area (Å²) in [5.74, 6) is -0.311. The van der Waals surface area contributed by atoms with Crippen LogP contribution in [-0.2, 0) is 16.4 Å². The van der Waals surface area contributed by atoms with Crippen LogP contribution in [0.5, 0.6) is 0 Å². The molecule has 0 aromatic heterocycles. The van der Waals surface area contributed by atoms with Gasteiger partial charge in [0, 0.05) is 24.3 Å².